The molecule has 0 bridgehead atoms. The van der Waals surface area contributed by atoms with Crippen molar-refractivity contribution < 1.29 is 14.0 Å². The largest absolute Gasteiger partial charge is 0.328 e. The van der Waals surface area contributed by atoms with Crippen molar-refractivity contribution in [2.24, 2.45) is 0 Å². The highest BCUT2D eigenvalue weighted by molar-refractivity contribution is 6.31. The fraction of sp³-hybridized carbons (Fsp3) is 0.0476. The number of amides is 2. The lowest BCUT2D eigenvalue weighted by molar-refractivity contribution is 0.0882. The van der Waals surface area contributed by atoms with Gasteiger partial charge >= 0.3 is 0 Å². The van der Waals surface area contributed by atoms with Gasteiger partial charge in [0.25, 0.3) is 11.8 Å². The van der Waals surface area contributed by atoms with E-state index in [0.717, 1.165) is 0 Å². The van der Waals surface area contributed by atoms with E-state index in [0.29, 0.717) is 21.2 Å². The van der Waals surface area contributed by atoms with E-state index in [1.54, 1.807) is 30.3 Å². The summed E-state index contributed by atoms with van der Waals surface area (Å²) < 4.78 is 14.3. The first-order chi connectivity index (χ1) is 13.4. The molecule has 2 amide bonds. The van der Waals surface area contributed by atoms with Gasteiger partial charge in [-0.2, -0.15) is 0 Å². The molecule has 3 aromatic rings. The van der Waals surface area contributed by atoms with E-state index >= 15 is 0 Å². The number of halogens is 3. The van der Waals surface area contributed by atoms with Gasteiger partial charge < -0.3 is 10.6 Å². The van der Waals surface area contributed by atoms with Gasteiger partial charge in [-0.25, -0.2) is 4.39 Å². The molecule has 3 rings (SSSR count). The second-order valence-electron chi connectivity index (χ2n) is 5.92. The first-order valence-corrected chi connectivity index (χ1v) is 9.07. The standard InChI is InChI=1S/C21H15Cl2FN2O2/c22-15-9-5-13(6-10-15)20(27)25-19(17-3-1-2-4-18(17)24)26-21(28)14-7-11-16(23)12-8-14/h1-12,19H,(H,25,27)(H,26,28). The molecular weight excluding hydrogens is 402 g/mol. The molecule has 0 saturated carbocycles. The smallest absolute Gasteiger partial charge is 0.253 e. The van der Waals surface area contributed by atoms with Crippen molar-refractivity contribution in [2.45, 2.75) is 6.17 Å². The Kier molecular flexibility index (Phi) is 6.29. The number of carbonyl (C=O) groups is 2. The van der Waals surface area contributed by atoms with Gasteiger partial charge in [0, 0.05) is 26.7 Å². The molecule has 28 heavy (non-hydrogen) atoms. The van der Waals surface area contributed by atoms with Crippen LogP contribution in [0.3, 0.4) is 0 Å². The zero-order valence-corrected chi connectivity index (χ0v) is 16.0. The van der Waals surface area contributed by atoms with Gasteiger partial charge in [0.15, 0.2) is 0 Å². The number of nitrogens with one attached hydrogen (secondary N) is 2. The Morgan fingerprint density at radius 3 is 1.57 bits per heavy atom. The summed E-state index contributed by atoms with van der Waals surface area (Å²) in [6.07, 6.45) is -1.08. The summed E-state index contributed by atoms with van der Waals surface area (Å²) in [6, 6.07) is 18.3. The minimum Gasteiger partial charge on any atom is -0.328 e. The minimum absolute atomic E-state index is 0.132. The third kappa shape index (κ3) is 4.88. The maximum absolute atomic E-state index is 14.3. The molecule has 2 N–H and O–H groups in total. The third-order valence-corrected chi connectivity index (χ3v) is 4.48. The van der Waals surface area contributed by atoms with E-state index in [2.05, 4.69) is 10.6 Å². The average Bonchev–Trinajstić information content (AvgIpc) is 2.69. The van der Waals surface area contributed by atoms with Gasteiger partial charge in [-0.05, 0) is 54.6 Å². The molecule has 0 radical (unpaired) electrons. The zero-order valence-electron chi connectivity index (χ0n) is 14.5. The summed E-state index contributed by atoms with van der Waals surface area (Å²) in [6.45, 7) is 0. The number of rotatable bonds is 5. The van der Waals surface area contributed by atoms with Gasteiger partial charge in [-0.3, -0.25) is 9.59 Å². The van der Waals surface area contributed by atoms with Gasteiger partial charge in [0.2, 0.25) is 0 Å². The molecule has 0 unspecified atom stereocenters. The molecule has 0 aromatic heterocycles. The van der Waals surface area contributed by atoms with Crippen molar-refractivity contribution in [2.75, 3.05) is 0 Å². The van der Waals surface area contributed by atoms with Gasteiger partial charge in [-0.1, -0.05) is 41.4 Å². The molecule has 142 valence electrons. The topological polar surface area (TPSA) is 58.2 Å². The van der Waals surface area contributed by atoms with Crippen LogP contribution in [0.4, 0.5) is 4.39 Å². The first kappa shape index (κ1) is 19.9. The van der Waals surface area contributed by atoms with Crippen LogP contribution in [0.1, 0.15) is 32.4 Å². The summed E-state index contributed by atoms with van der Waals surface area (Å²) >= 11 is 11.7. The quantitative estimate of drug-likeness (QED) is 0.575. The van der Waals surface area contributed by atoms with Crippen LogP contribution >= 0.6 is 23.2 Å². The maximum Gasteiger partial charge on any atom is 0.253 e. The molecule has 0 aliphatic heterocycles. The monoisotopic (exact) mass is 416 g/mol. The van der Waals surface area contributed by atoms with Crippen molar-refractivity contribution in [3.05, 3.63) is 105 Å². The highest BCUT2D eigenvalue weighted by Crippen LogP contribution is 2.18. The highest BCUT2D eigenvalue weighted by atomic mass is 35.5. The molecule has 0 spiro atoms. The van der Waals surface area contributed by atoms with Crippen molar-refractivity contribution in [1.29, 1.82) is 0 Å². The Morgan fingerprint density at radius 2 is 1.14 bits per heavy atom. The molecule has 7 heteroatoms. The Bertz CT molecular complexity index is 933. The SMILES string of the molecule is O=C(NC(NC(=O)c1ccc(Cl)cc1)c1ccccc1F)c1ccc(Cl)cc1. The first-order valence-electron chi connectivity index (χ1n) is 8.31. The van der Waals surface area contributed by atoms with Crippen LogP contribution in [0.15, 0.2) is 72.8 Å². The third-order valence-electron chi connectivity index (χ3n) is 3.98. The summed E-state index contributed by atoms with van der Waals surface area (Å²) in [5.74, 6) is -1.53. The molecular formula is C21H15Cl2FN2O2. The lowest BCUT2D eigenvalue weighted by atomic mass is 10.1. The number of hydrogen-bond acceptors (Lipinski definition) is 2. The summed E-state index contributed by atoms with van der Waals surface area (Å²) in [4.78, 5) is 25.1. The van der Waals surface area contributed by atoms with Crippen molar-refractivity contribution >= 4 is 35.0 Å². The maximum atomic E-state index is 14.3. The van der Waals surface area contributed by atoms with E-state index in [1.807, 2.05) is 0 Å². The van der Waals surface area contributed by atoms with Crippen LogP contribution in [0.5, 0.6) is 0 Å². The van der Waals surface area contributed by atoms with E-state index < -0.39 is 23.8 Å². The van der Waals surface area contributed by atoms with E-state index in [1.165, 1.54) is 42.5 Å². The normalized spacial score (nSPS) is 10.6. The molecule has 0 heterocycles. The second kappa shape index (κ2) is 8.87. The predicted molar refractivity (Wildman–Crippen MR) is 107 cm³/mol. The van der Waals surface area contributed by atoms with Crippen LogP contribution in [-0.4, -0.2) is 11.8 Å². The summed E-state index contributed by atoms with van der Waals surface area (Å²) in [7, 11) is 0. The Morgan fingerprint density at radius 1 is 0.714 bits per heavy atom. The number of carbonyl (C=O) groups excluding carboxylic acids is 2. The van der Waals surface area contributed by atoms with E-state index in [9.17, 15) is 14.0 Å². The van der Waals surface area contributed by atoms with Crippen molar-refractivity contribution in [3.63, 3.8) is 0 Å². The van der Waals surface area contributed by atoms with E-state index in [-0.39, 0.29) is 5.56 Å². The van der Waals surface area contributed by atoms with E-state index in [4.69, 9.17) is 23.2 Å². The van der Waals surface area contributed by atoms with Crippen LogP contribution in [0.2, 0.25) is 10.0 Å². The second-order valence-corrected chi connectivity index (χ2v) is 6.79. The average molecular weight is 417 g/mol. The van der Waals surface area contributed by atoms with Gasteiger partial charge in [-0.15, -0.1) is 0 Å². The molecule has 0 aliphatic rings. The molecule has 4 nitrogen and oxygen atoms in total. The van der Waals surface area contributed by atoms with Crippen LogP contribution in [0.25, 0.3) is 0 Å². The zero-order chi connectivity index (χ0) is 20.1. The lowest BCUT2D eigenvalue weighted by Gasteiger charge is -2.21. The van der Waals surface area contributed by atoms with Crippen LogP contribution < -0.4 is 10.6 Å². The lowest BCUT2D eigenvalue weighted by Crippen LogP contribution is -2.41. The summed E-state index contributed by atoms with van der Waals surface area (Å²) in [5, 5.41) is 6.25. The predicted octanol–water partition coefficient (Wildman–Crippen LogP) is 4.99. The Hall–Kier alpha value is -2.89. The van der Waals surface area contributed by atoms with Crippen molar-refractivity contribution in [3.8, 4) is 0 Å². The Labute approximate surface area is 171 Å². The van der Waals surface area contributed by atoms with Gasteiger partial charge in [0.1, 0.15) is 12.0 Å². The number of benzene rings is 3. The molecule has 3 aromatic carbocycles. The molecule has 0 aliphatic carbocycles. The molecule has 0 saturated heterocycles. The number of hydrogen-bond donors (Lipinski definition) is 2. The van der Waals surface area contributed by atoms with Crippen LogP contribution in [0, 0.1) is 5.82 Å². The highest BCUT2D eigenvalue weighted by Gasteiger charge is 2.21. The summed E-state index contributed by atoms with van der Waals surface area (Å²) in [5.41, 5.74) is 0.782. The molecule has 0 fully saturated rings. The van der Waals surface area contributed by atoms with Crippen LogP contribution in [-0.2, 0) is 0 Å². The fourth-order valence-electron chi connectivity index (χ4n) is 2.53. The van der Waals surface area contributed by atoms with Crippen molar-refractivity contribution in [1.82, 2.24) is 10.6 Å². The molecule has 0 atom stereocenters. The Balaban J connectivity index is 1.86. The fourth-order valence-corrected chi connectivity index (χ4v) is 2.78. The minimum atomic E-state index is -1.08. The van der Waals surface area contributed by atoms with Gasteiger partial charge in [0.05, 0.1) is 0 Å².